The predicted octanol–water partition coefficient (Wildman–Crippen LogP) is 2.72. The maximum Gasteiger partial charge on any atom is 0.255 e. The Morgan fingerprint density at radius 1 is 1.04 bits per heavy atom. The van der Waals surface area contributed by atoms with Crippen molar-refractivity contribution in [2.24, 2.45) is 5.92 Å². The molecule has 2 aromatic rings. The molecule has 2 saturated heterocycles. The summed E-state index contributed by atoms with van der Waals surface area (Å²) in [5.41, 5.74) is 4.00. The van der Waals surface area contributed by atoms with E-state index in [9.17, 15) is 9.90 Å². The number of ether oxygens (including phenoxy) is 1. The number of likely N-dealkylation sites (tertiary alicyclic amines) is 1. The van der Waals surface area contributed by atoms with Gasteiger partial charge in [-0.3, -0.25) is 4.79 Å². The first-order valence-electron chi connectivity index (χ1n) is 10.1. The van der Waals surface area contributed by atoms with Crippen LogP contribution >= 0.6 is 0 Å². The summed E-state index contributed by atoms with van der Waals surface area (Å²) in [5.74, 6) is 0.599. The van der Waals surface area contributed by atoms with E-state index in [4.69, 9.17) is 4.74 Å². The van der Waals surface area contributed by atoms with E-state index in [-0.39, 0.29) is 12.5 Å². The summed E-state index contributed by atoms with van der Waals surface area (Å²) in [6, 6.07) is 16.1. The maximum absolute atomic E-state index is 13.2. The van der Waals surface area contributed by atoms with Crippen molar-refractivity contribution in [1.82, 2.24) is 4.90 Å². The van der Waals surface area contributed by atoms with Gasteiger partial charge >= 0.3 is 0 Å². The molecule has 148 valence electrons. The first-order chi connectivity index (χ1) is 13.7. The fourth-order valence-corrected chi connectivity index (χ4v) is 4.28. The van der Waals surface area contributed by atoms with Crippen molar-refractivity contribution in [3.05, 3.63) is 65.2 Å². The number of benzene rings is 2. The van der Waals surface area contributed by atoms with Crippen molar-refractivity contribution in [3.63, 3.8) is 0 Å². The summed E-state index contributed by atoms with van der Waals surface area (Å²) >= 11 is 0. The first kappa shape index (κ1) is 19.0. The van der Waals surface area contributed by atoms with E-state index < -0.39 is 0 Å². The van der Waals surface area contributed by atoms with Gasteiger partial charge in [-0.1, -0.05) is 36.4 Å². The molecule has 0 radical (unpaired) electrons. The number of nitrogens with zero attached hydrogens (tertiary/aromatic N) is 2. The van der Waals surface area contributed by atoms with Gasteiger partial charge in [0.05, 0.1) is 25.4 Å². The number of hydrogen-bond acceptors (Lipinski definition) is 4. The molecule has 0 aliphatic carbocycles. The number of carbonyl (C=O) groups excluding carboxylic acids is 1. The molecule has 4 rings (SSSR count). The summed E-state index contributed by atoms with van der Waals surface area (Å²) in [7, 11) is 0. The molecular weight excluding hydrogens is 352 g/mol. The van der Waals surface area contributed by atoms with Crippen LogP contribution < -0.4 is 4.90 Å². The summed E-state index contributed by atoms with van der Waals surface area (Å²) < 4.78 is 5.46. The largest absolute Gasteiger partial charge is 0.392 e. The predicted molar refractivity (Wildman–Crippen MR) is 110 cm³/mol. The molecule has 0 spiro atoms. The Bertz CT molecular complexity index is 817. The van der Waals surface area contributed by atoms with Gasteiger partial charge in [0.2, 0.25) is 0 Å². The highest BCUT2D eigenvalue weighted by molar-refractivity contribution is 6.00. The van der Waals surface area contributed by atoms with E-state index >= 15 is 0 Å². The van der Waals surface area contributed by atoms with Crippen molar-refractivity contribution < 1.29 is 14.6 Å². The molecule has 1 N–H and O–H groups in total. The van der Waals surface area contributed by atoms with Gasteiger partial charge in [-0.15, -0.1) is 0 Å². The number of aliphatic hydroxyl groups excluding tert-OH is 1. The molecule has 2 aliphatic heterocycles. The molecular formula is C23H28N2O3. The fraction of sp³-hybridized carbons (Fsp3) is 0.435. The van der Waals surface area contributed by atoms with Crippen LogP contribution in [0.2, 0.25) is 0 Å². The van der Waals surface area contributed by atoms with Crippen molar-refractivity contribution in [1.29, 1.82) is 0 Å². The maximum atomic E-state index is 13.2. The molecule has 1 atom stereocenters. The normalized spacial score (nSPS) is 19.8. The monoisotopic (exact) mass is 380 g/mol. The van der Waals surface area contributed by atoms with Crippen LogP contribution in [0.4, 0.5) is 5.69 Å². The number of aliphatic hydroxyl groups is 1. The average molecular weight is 380 g/mol. The number of anilines is 1. The van der Waals surface area contributed by atoms with Crippen LogP contribution in [0.1, 0.15) is 27.9 Å². The smallest absolute Gasteiger partial charge is 0.255 e. The summed E-state index contributed by atoms with van der Waals surface area (Å²) in [5, 5.41) is 9.33. The molecule has 1 unspecified atom stereocenters. The third kappa shape index (κ3) is 4.21. The summed E-state index contributed by atoms with van der Waals surface area (Å²) in [6.07, 6.45) is 1.97. The van der Waals surface area contributed by atoms with Crippen LogP contribution in [0.25, 0.3) is 0 Å². The number of amides is 1. The molecule has 1 amide bonds. The third-order valence-electron chi connectivity index (χ3n) is 5.76. The van der Waals surface area contributed by atoms with Crippen molar-refractivity contribution in [2.75, 3.05) is 44.3 Å². The number of para-hydroxylation sites is 1. The van der Waals surface area contributed by atoms with E-state index in [0.29, 0.717) is 19.1 Å². The van der Waals surface area contributed by atoms with Crippen LogP contribution in [0, 0.1) is 5.92 Å². The van der Waals surface area contributed by atoms with Gasteiger partial charge < -0.3 is 19.6 Å². The second-order valence-corrected chi connectivity index (χ2v) is 7.70. The van der Waals surface area contributed by atoms with Gasteiger partial charge in [0.15, 0.2) is 0 Å². The summed E-state index contributed by atoms with van der Waals surface area (Å²) in [6.45, 7) is 4.74. The van der Waals surface area contributed by atoms with Gasteiger partial charge in [-0.25, -0.2) is 0 Å². The second-order valence-electron chi connectivity index (χ2n) is 7.70. The van der Waals surface area contributed by atoms with Crippen molar-refractivity contribution in [2.45, 2.75) is 19.4 Å². The van der Waals surface area contributed by atoms with Gasteiger partial charge in [0.25, 0.3) is 5.91 Å². The van der Waals surface area contributed by atoms with Gasteiger partial charge in [-0.05, 0) is 42.0 Å². The zero-order chi connectivity index (χ0) is 19.3. The van der Waals surface area contributed by atoms with Crippen LogP contribution in [0.5, 0.6) is 0 Å². The minimum Gasteiger partial charge on any atom is -0.392 e. The number of carbonyl (C=O) groups is 1. The lowest BCUT2D eigenvalue weighted by Gasteiger charge is -2.31. The molecule has 2 heterocycles. The Morgan fingerprint density at radius 2 is 1.82 bits per heavy atom. The molecule has 0 saturated carbocycles. The molecule has 2 aromatic carbocycles. The second kappa shape index (κ2) is 8.76. The Balaban J connectivity index is 1.43. The fourth-order valence-electron chi connectivity index (χ4n) is 4.28. The lowest BCUT2D eigenvalue weighted by atomic mass is 9.97. The highest BCUT2D eigenvalue weighted by Gasteiger charge is 2.29. The molecule has 2 aliphatic rings. The number of hydrogen-bond donors (Lipinski definition) is 1. The standard InChI is InChI=1S/C23H28N2O3/c26-17-20-5-3-4-18(15-20)14-19-8-9-25(16-19)23(27)21-6-1-2-7-22(21)24-10-12-28-13-11-24/h1-7,15,19,26H,8-14,16-17H2. The van der Waals surface area contributed by atoms with Crippen molar-refractivity contribution >= 4 is 11.6 Å². The quantitative estimate of drug-likeness (QED) is 0.867. The highest BCUT2D eigenvalue weighted by Crippen LogP contribution is 2.27. The first-order valence-corrected chi connectivity index (χ1v) is 10.1. The Kier molecular flexibility index (Phi) is 5.93. The number of rotatable bonds is 5. The van der Waals surface area contributed by atoms with Crippen LogP contribution in [0.15, 0.2) is 48.5 Å². The van der Waals surface area contributed by atoms with Gasteiger partial charge in [-0.2, -0.15) is 0 Å². The minimum atomic E-state index is 0.0709. The van der Waals surface area contributed by atoms with Crippen LogP contribution in [-0.2, 0) is 17.8 Å². The molecule has 0 bridgehead atoms. The van der Waals surface area contributed by atoms with Crippen molar-refractivity contribution in [3.8, 4) is 0 Å². The van der Waals surface area contributed by atoms with E-state index in [2.05, 4.69) is 17.0 Å². The third-order valence-corrected chi connectivity index (χ3v) is 5.76. The zero-order valence-electron chi connectivity index (χ0n) is 16.2. The molecule has 5 nitrogen and oxygen atoms in total. The van der Waals surface area contributed by atoms with Crippen LogP contribution in [-0.4, -0.2) is 55.3 Å². The molecule has 2 fully saturated rings. The Hall–Kier alpha value is -2.37. The van der Waals surface area contributed by atoms with E-state index in [1.807, 2.05) is 41.3 Å². The number of morpholine rings is 1. The lowest BCUT2D eigenvalue weighted by Crippen LogP contribution is -2.38. The lowest BCUT2D eigenvalue weighted by molar-refractivity contribution is 0.0786. The van der Waals surface area contributed by atoms with Gasteiger partial charge in [0, 0.05) is 31.9 Å². The Morgan fingerprint density at radius 3 is 2.64 bits per heavy atom. The van der Waals surface area contributed by atoms with E-state index in [1.54, 1.807) is 0 Å². The molecule has 5 heteroatoms. The highest BCUT2D eigenvalue weighted by atomic mass is 16.5. The summed E-state index contributed by atoms with van der Waals surface area (Å²) in [4.78, 5) is 17.5. The van der Waals surface area contributed by atoms with E-state index in [1.165, 1.54) is 5.56 Å². The van der Waals surface area contributed by atoms with E-state index in [0.717, 1.165) is 55.8 Å². The van der Waals surface area contributed by atoms with Gasteiger partial charge in [0.1, 0.15) is 0 Å². The molecule has 0 aromatic heterocycles. The average Bonchev–Trinajstić information content (AvgIpc) is 3.22. The minimum absolute atomic E-state index is 0.0709. The molecule has 28 heavy (non-hydrogen) atoms. The Labute approximate surface area is 166 Å². The topological polar surface area (TPSA) is 53.0 Å². The van der Waals surface area contributed by atoms with Crippen LogP contribution in [0.3, 0.4) is 0 Å². The zero-order valence-corrected chi connectivity index (χ0v) is 16.2. The SMILES string of the molecule is O=C(c1ccccc1N1CCOCC1)N1CCC(Cc2cccc(CO)c2)C1.